The van der Waals surface area contributed by atoms with Crippen molar-refractivity contribution in [1.82, 2.24) is 15.2 Å². The van der Waals surface area contributed by atoms with Crippen molar-refractivity contribution in [2.45, 2.75) is 32.7 Å². The van der Waals surface area contributed by atoms with Crippen molar-refractivity contribution < 1.29 is 0 Å². The van der Waals surface area contributed by atoms with Crippen molar-refractivity contribution in [2.75, 3.05) is 26.7 Å². The molecule has 0 saturated carbocycles. The molecule has 4 heteroatoms. The number of nitrogens with zero attached hydrogens (tertiary/aromatic N) is 2. The van der Waals surface area contributed by atoms with Crippen LogP contribution in [0, 0.1) is 12.8 Å². The molecule has 17 heavy (non-hydrogen) atoms. The van der Waals surface area contributed by atoms with Crippen LogP contribution in [0.1, 0.15) is 29.8 Å². The fraction of sp³-hybridized carbons (Fsp3) is 0.769. The van der Waals surface area contributed by atoms with Gasteiger partial charge in [0.25, 0.3) is 0 Å². The van der Waals surface area contributed by atoms with Crippen molar-refractivity contribution in [1.29, 1.82) is 0 Å². The van der Waals surface area contributed by atoms with Gasteiger partial charge in [0.05, 0.1) is 11.2 Å². The average molecular weight is 253 g/mol. The van der Waals surface area contributed by atoms with Crippen LogP contribution in [0.4, 0.5) is 0 Å². The Morgan fingerprint density at radius 1 is 1.47 bits per heavy atom. The van der Waals surface area contributed by atoms with Gasteiger partial charge in [0, 0.05) is 11.4 Å². The highest BCUT2D eigenvalue weighted by Gasteiger charge is 2.15. The van der Waals surface area contributed by atoms with Gasteiger partial charge in [-0.15, -0.1) is 11.3 Å². The summed E-state index contributed by atoms with van der Waals surface area (Å²) < 4.78 is 0. The zero-order valence-electron chi connectivity index (χ0n) is 10.9. The Kier molecular flexibility index (Phi) is 4.95. The summed E-state index contributed by atoms with van der Waals surface area (Å²) in [4.78, 5) is 8.08. The lowest BCUT2D eigenvalue weighted by atomic mass is 9.94. The first kappa shape index (κ1) is 13.0. The van der Waals surface area contributed by atoms with Gasteiger partial charge in [-0.1, -0.05) is 0 Å². The smallest absolute Gasteiger partial charge is 0.0798 e. The lowest BCUT2D eigenvalue weighted by Crippen LogP contribution is -2.31. The molecule has 0 bridgehead atoms. The highest BCUT2D eigenvalue weighted by molar-refractivity contribution is 7.09. The van der Waals surface area contributed by atoms with Gasteiger partial charge in [-0.2, -0.15) is 0 Å². The molecule has 1 aliphatic rings. The van der Waals surface area contributed by atoms with Crippen LogP contribution in [0.3, 0.4) is 0 Å². The molecule has 1 aromatic heterocycles. The molecule has 2 heterocycles. The summed E-state index contributed by atoms with van der Waals surface area (Å²) in [5.41, 5.74) is 3.12. The van der Waals surface area contributed by atoms with Crippen LogP contribution in [-0.4, -0.2) is 36.6 Å². The minimum Gasteiger partial charge on any atom is -0.312 e. The quantitative estimate of drug-likeness (QED) is 0.816. The second-order valence-corrected chi connectivity index (χ2v) is 6.01. The van der Waals surface area contributed by atoms with Gasteiger partial charge in [-0.3, -0.25) is 0 Å². The molecule has 3 nitrogen and oxygen atoms in total. The van der Waals surface area contributed by atoms with Crippen molar-refractivity contribution in [3.8, 4) is 0 Å². The van der Waals surface area contributed by atoms with E-state index in [4.69, 9.17) is 0 Å². The fourth-order valence-electron chi connectivity index (χ4n) is 2.35. The molecule has 2 rings (SSSR count). The zero-order valence-corrected chi connectivity index (χ0v) is 11.7. The van der Waals surface area contributed by atoms with E-state index in [1.165, 1.54) is 42.9 Å². The van der Waals surface area contributed by atoms with Crippen molar-refractivity contribution in [3.05, 3.63) is 16.1 Å². The van der Waals surface area contributed by atoms with E-state index in [1.807, 2.05) is 5.51 Å². The molecule has 1 N–H and O–H groups in total. The third kappa shape index (κ3) is 4.05. The van der Waals surface area contributed by atoms with Gasteiger partial charge < -0.3 is 10.2 Å². The summed E-state index contributed by atoms with van der Waals surface area (Å²) in [7, 11) is 2.22. The second kappa shape index (κ2) is 6.47. The Balaban J connectivity index is 1.59. The first-order chi connectivity index (χ1) is 8.25. The molecule has 0 aromatic carbocycles. The van der Waals surface area contributed by atoms with Crippen LogP contribution in [0.5, 0.6) is 0 Å². The number of nitrogens with one attached hydrogen (secondary N) is 1. The maximum Gasteiger partial charge on any atom is 0.0798 e. The van der Waals surface area contributed by atoms with Gasteiger partial charge >= 0.3 is 0 Å². The third-order valence-electron chi connectivity index (χ3n) is 3.70. The van der Waals surface area contributed by atoms with E-state index in [0.717, 1.165) is 19.0 Å². The van der Waals surface area contributed by atoms with Gasteiger partial charge in [0.2, 0.25) is 0 Å². The molecule has 1 saturated heterocycles. The zero-order chi connectivity index (χ0) is 12.1. The molecule has 1 fully saturated rings. The highest BCUT2D eigenvalue weighted by atomic mass is 32.1. The molecule has 1 aliphatic heterocycles. The molecule has 96 valence electrons. The van der Waals surface area contributed by atoms with Crippen LogP contribution < -0.4 is 5.32 Å². The van der Waals surface area contributed by atoms with E-state index in [1.54, 1.807) is 11.3 Å². The van der Waals surface area contributed by atoms with E-state index in [9.17, 15) is 0 Å². The molecular formula is C13H23N3S. The van der Waals surface area contributed by atoms with E-state index in [0.29, 0.717) is 0 Å². The van der Waals surface area contributed by atoms with E-state index in [2.05, 4.69) is 29.2 Å². The molecule has 0 atom stereocenters. The van der Waals surface area contributed by atoms with Crippen LogP contribution in [-0.2, 0) is 6.54 Å². The summed E-state index contributed by atoms with van der Waals surface area (Å²) >= 11 is 1.76. The maximum atomic E-state index is 4.27. The average Bonchev–Trinajstić information content (AvgIpc) is 2.73. The Morgan fingerprint density at radius 2 is 2.24 bits per heavy atom. The lowest BCUT2D eigenvalue weighted by Gasteiger charge is -2.28. The van der Waals surface area contributed by atoms with Crippen LogP contribution in [0.15, 0.2) is 5.51 Å². The molecule has 1 aromatic rings. The lowest BCUT2D eigenvalue weighted by molar-refractivity contribution is 0.211. The summed E-state index contributed by atoms with van der Waals surface area (Å²) in [6, 6.07) is 0. The van der Waals surface area contributed by atoms with E-state index >= 15 is 0 Å². The highest BCUT2D eigenvalue weighted by Crippen LogP contribution is 2.19. The maximum absolute atomic E-state index is 4.27. The van der Waals surface area contributed by atoms with Crippen molar-refractivity contribution in [2.24, 2.45) is 5.92 Å². The molecule has 0 spiro atoms. The molecule has 0 amide bonds. The Bertz CT molecular complexity index is 329. The standard InChI is InChI=1S/C13H23N3S/c1-11-13(17-10-15-11)9-14-6-3-12-4-7-16(2)8-5-12/h10,12,14H,3-9H2,1-2H3. The molecule has 0 radical (unpaired) electrons. The number of rotatable bonds is 5. The largest absolute Gasteiger partial charge is 0.312 e. The number of aromatic nitrogens is 1. The summed E-state index contributed by atoms with van der Waals surface area (Å²) in [6.45, 7) is 6.77. The van der Waals surface area contributed by atoms with Crippen LogP contribution in [0.2, 0.25) is 0 Å². The van der Waals surface area contributed by atoms with Gasteiger partial charge in [-0.25, -0.2) is 4.98 Å². The normalized spacial score (nSPS) is 18.7. The van der Waals surface area contributed by atoms with Crippen LogP contribution >= 0.6 is 11.3 Å². The number of hydrogen-bond donors (Lipinski definition) is 1. The Hall–Kier alpha value is -0.450. The number of aryl methyl sites for hydroxylation is 1. The molecule has 0 aliphatic carbocycles. The van der Waals surface area contributed by atoms with Gasteiger partial charge in [0.1, 0.15) is 0 Å². The first-order valence-electron chi connectivity index (χ1n) is 6.54. The van der Waals surface area contributed by atoms with Gasteiger partial charge in [0.15, 0.2) is 0 Å². The Labute approximate surface area is 108 Å². The topological polar surface area (TPSA) is 28.2 Å². The molecular weight excluding hydrogens is 230 g/mol. The van der Waals surface area contributed by atoms with E-state index in [-0.39, 0.29) is 0 Å². The second-order valence-electron chi connectivity index (χ2n) is 5.07. The van der Waals surface area contributed by atoms with Gasteiger partial charge in [-0.05, 0) is 58.8 Å². The number of likely N-dealkylation sites (tertiary alicyclic amines) is 1. The summed E-state index contributed by atoms with van der Waals surface area (Å²) in [5.74, 6) is 0.932. The minimum atomic E-state index is 0.932. The molecule has 0 unspecified atom stereocenters. The van der Waals surface area contributed by atoms with Crippen molar-refractivity contribution in [3.63, 3.8) is 0 Å². The summed E-state index contributed by atoms with van der Waals surface area (Å²) in [5, 5.41) is 3.54. The predicted octanol–water partition coefficient (Wildman–Crippen LogP) is 2.27. The number of hydrogen-bond acceptors (Lipinski definition) is 4. The van der Waals surface area contributed by atoms with Crippen LogP contribution in [0.25, 0.3) is 0 Å². The number of thiazole rings is 1. The fourth-order valence-corrected chi connectivity index (χ4v) is 3.10. The third-order valence-corrected chi connectivity index (χ3v) is 4.63. The Morgan fingerprint density at radius 3 is 2.88 bits per heavy atom. The predicted molar refractivity (Wildman–Crippen MR) is 73.4 cm³/mol. The first-order valence-corrected chi connectivity index (χ1v) is 7.42. The van der Waals surface area contributed by atoms with Crippen molar-refractivity contribution >= 4 is 11.3 Å². The monoisotopic (exact) mass is 253 g/mol. The summed E-state index contributed by atoms with van der Waals surface area (Å²) in [6.07, 6.45) is 4.07. The minimum absolute atomic E-state index is 0.932. The number of piperidine rings is 1. The van der Waals surface area contributed by atoms with E-state index < -0.39 is 0 Å². The SMILES string of the molecule is Cc1ncsc1CNCCC1CCN(C)CC1.